The summed E-state index contributed by atoms with van der Waals surface area (Å²) >= 11 is 0. The van der Waals surface area contributed by atoms with Crippen LogP contribution in [0.2, 0.25) is 0 Å². The molecule has 0 radical (unpaired) electrons. The molecule has 20 heavy (non-hydrogen) atoms. The highest BCUT2D eigenvalue weighted by Crippen LogP contribution is 2.30. The van der Waals surface area contributed by atoms with Gasteiger partial charge in [-0.1, -0.05) is 36.9 Å². The third kappa shape index (κ3) is 3.55. The predicted octanol–water partition coefficient (Wildman–Crippen LogP) is 3.23. The number of benzene rings is 1. The number of nitriles is 1. The predicted molar refractivity (Wildman–Crippen MR) is 79.1 cm³/mol. The Labute approximate surface area is 120 Å². The first-order valence-electron chi connectivity index (χ1n) is 6.71. The molecule has 3 nitrogen and oxygen atoms in total. The molecule has 0 bridgehead atoms. The number of carbonyl (C=O) groups excluding carboxylic acids is 1. The molecule has 0 aliphatic rings. The van der Waals surface area contributed by atoms with E-state index in [9.17, 15) is 9.90 Å². The number of hydrogen-bond donors (Lipinski definition) is 1. The normalized spacial score (nSPS) is 14.1. The highest BCUT2D eigenvalue weighted by Gasteiger charge is 2.26. The Morgan fingerprint density at radius 2 is 1.85 bits per heavy atom. The molecule has 0 spiro atoms. The van der Waals surface area contributed by atoms with E-state index in [1.807, 2.05) is 38.1 Å². The number of rotatable bonds is 7. The molecule has 1 atom stereocenters. The van der Waals surface area contributed by atoms with Crippen molar-refractivity contribution in [2.75, 3.05) is 0 Å². The van der Waals surface area contributed by atoms with Crippen molar-refractivity contribution in [3.63, 3.8) is 0 Å². The standard InChI is InChI=1S/C17H21NO2/c1-4-17(20,11-5-6-12-19)15-9-7-14(8-10-15)16(2,3)13-18/h4,7-10,12,20H,1,5-6,11H2,2-3H3. The smallest absolute Gasteiger partial charge is 0.119 e. The van der Waals surface area contributed by atoms with E-state index in [-0.39, 0.29) is 0 Å². The minimum absolute atomic E-state index is 0.426. The zero-order valence-electron chi connectivity index (χ0n) is 12.1. The van der Waals surface area contributed by atoms with E-state index in [1.54, 1.807) is 0 Å². The van der Waals surface area contributed by atoms with Crippen LogP contribution in [0.25, 0.3) is 0 Å². The molecule has 1 rings (SSSR count). The summed E-state index contributed by atoms with van der Waals surface area (Å²) in [7, 11) is 0. The lowest BCUT2D eigenvalue weighted by Gasteiger charge is -2.26. The summed E-state index contributed by atoms with van der Waals surface area (Å²) in [5.41, 5.74) is -0.0420. The minimum Gasteiger partial charge on any atom is -0.381 e. The van der Waals surface area contributed by atoms with Crippen LogP contribution < -0.4 is 0 Å². The molecular formula is C17H21NO2. The SMILES string of the molecule is C=CC(O)(CCCC=O)c1ccc(C(C)(C)C#N)cc1. The van der Waals surface area contributed by atoms with Crippen LogP contribution in [0.1, 0.15) is 44.2 Å². The summed E-state index contributed by atoms with van der Waals surface area (Å²) < 4.78 is 0. The summed E-state index contributed by atoms with van der Waals surface area (Å²) in [6.07, 6.45) is 3.84. The fraction of sp³-hybridized carbons (Fsp3) is 0.412. The summed E-state index contributed by atoms with van der Waals surface area (Å²) in [6.45, 7) is 7.39. The van der Waals surface area contributed by atoms with Gasteiger partial charge in [0.05, 0.1) is 11.5 Å². The summed E-state index contributed by atoms with van der Waals surface area (Å²) in [5.74, 6) is 0. The Morgan fingerprint density at radius 1 is 1.30 bits per heavy atom. The molecule has 1 aromatic rings. The molecule has 0 saturated heterocycles. The maximum absolute atomic E-state index is 10.6. The average Bonchev–Trinajstić information content (AvgIpc) is 2.47. The number of nitrogens with zero attached hydrogens (tertiary/aromatic N) is 1. The lowest BCUT2D eigenvalue weighted by atomic mass is 9.83. The third-order valence-electron chi connectivity index (χ3n) is 3.60. The van der Waals surface area contributed by atoms with E-state index in [0.29, 0.717) is 19.3 Å². The van der Waals surface area contributed by atoms with Gasteiger partial charge in [-0.25, -0.2) is 0 Å². The van der Waals surface area contributed by atoms with Crippen molar-refractivity contribution in [2.45, 2.75) is 44.1 Å². The van der Waals surface area contributed by atoms with Gasteiger partial charge in [0.15, 0.2) is 0 Å². The molecule has 1 unspecified atom stereocenters. The molecule has 106 valence electrons. The largest absolute Gasteiger partial charge is 0.381 e. The van der Waals surface area contributed by atoms with Gasteiger partial charge < -0.3 is 9.90 Å². The molecule has 0 amide bonds. The molecule has 0 heterocycles. The minimum atomic E-state index is -1.13. The van der Waals surface area contributed by atoms with Gasteiger partial charge >= 0.3 is 0 Å². The molecule has 0 fully saturated rings. The molecule has 3 heteroatoms. The highest BCUT2D eigenvalue weighted by atomic mass is 16.3. The zero-order chi connectivity index (χ0) is 15.2. The third-order valence-corrected chi connectivity index (χ3v) is 3.60. The Hall–Kier alpha value is -1.92. The Kier molecular flexibility index (Phi) is 5.24. The topological polar surface area (TPSA) is 61.1 Å². The highest BCUT2D eigenvalue weighted by molar-refractivity contribution is 5.49. The molecule has 0 aliphatic carbocycles. The van der Waals surface area contributed by atoms with Gasteiger partial charge in [-0.15, -0.1) is 0 Å². The second-order valence-corrected chi connectivity index (χ2v) is 5.50. The average molecular weight is 271 g/mol. The summed E-state index contributed by atoms with van der Waals surface area (Å²) in [6, 6.07) is 9.59. The second kappa shape index (κ2) is 6.49. The van der Waals surface area contributed by atoms with Crippen LogP contribution in [0.15, 0.2) is 36.9 Å². The fourth-order valence-corrected chi connectivity index (χ4v) is 2.06. The van der Waals surface area contributed by atoms with Crippen molar-refractivity contribution < 1.29 is 9.90 Å². The zero-order valence-corrected chi connectivity index (χ0v) is 12.1. The van der Waals surface area contributed by atoms with E-state index in [0.717, 1.165) is 17.4 Å². The number of aliphatic hydroxyl groups is 1. The monoisotopic (exact) mass is 271 g/mol. The van der Waals surface area contributed by atoms with Gasteiger partial charge in [-0.2, -0.15) is 5.26 Å². The molecule has 1 aromatic carbocycles. The van der Waals surface area contributed by atoms with E-state index in [1.165, 1.54) is 6.08 Å². The van der Waals surface area contributed by atoms with Crippen LogP contribution in [0.4, 0.5) is 0 Å². The molecule has 0 aromatic heterocycles. The Morgan fingerprint density at radius 3 is 2.30 bits per heavy atom. The van der Waals surface area contributed by atoms with Crippen LogP contribution in [-0.2, 0) is 15.8 Å². The number of aldehydes is 1. The molecule has 1 N–H and O–H groups in total. The van der Waals surface area contributed by atoms with E-state index < -0.39 is 11.0 Å². The lowest BCUT2D eigenvalue weighted by Crippen LogP contribution is -2.23. The van der Waals surface area contributed by atoms with Gasteiger partial charge in [0.1, 0.15) is 11.9 Å². The van der Waals surface area contributed by atoms with Gasteiger partial charge in [-0.3, -0.25) is 0 Å². The molecular weight excluding hydrogens is 250 g/mol. The molecule has 0 aliphatic heterocycles. The number of hydrogen-bond acceptors (Lipinski definition) is 3. The number of unbranched alkanes of at least 4 members (excludes halogenated alkanes) is 1. The van der Waals surface area contributed by atoms with E-state index >= 15 is 0 Å². The van der Waals surface area contributed by atoms with Gasteiger partial charge in [0.25, 0.3) is 0 Å². The van der Waals surface area contributed by atoms with Gasteiger partial charge in [0.2, 0.25) is 0 Å². The van der Waals surface area contributed by atoms with Crippen molar-refractivity contribution in [3.8, 4) is 6.07 Å². The number of carbonyl (C=O) groups is 1. The van der Waals surface area contributed by atoms with E-state index in [2.05, 4.69) is 12.6 Å². The second-order valence-electron chi connectivity index (χ2n) is 5.50. The maximum Gasteiger partial charge on any atom is 0.119 e. The van der Waals surface area contributed by atoms with E-state index in [4.69, 9.17) is 5.26 Å². The lowest BCUT2D eigenvalue weighted by molar-refractivity contribution is -0.108. The van der Waals surface area contributed by atoms with Crippen LogP contribution in [0, 0.1) is 11.3 Å². The van der Waals surface area contributed by atoms with Gasteiger partial charge in [-0.05, 0) is 37.8 Å². The van der Waals surface area contributed by atoms with Crippen molar-refractivity contribution in [1.29, 1.82) is 5.26 Å². The van der Waals surface area contributed by atoms with Gasteiger partial charge in [0, 0.05) is 6.42 Å². The Bertz CT molecular complexity index is 511. The summed E-state index contributed by atoms with van der Waals surface area (Å²) in [5, 5.41) is 19.7. The van der Waals surface area contributed by atoms with Crippen LogP contribution in [-0.4, -0.2) is 11.4 Å². The van der Waals surface area contributed by atoms with Crippen LogP contribution in [0.3, 0.4) is 0 Å². The fourth-order valence-electron chi connectivity index (χ4n) is 2.06. The van der Waals surface area contributed by atoms with Crippen LogP contribution in [0.5, 0.6) is 0 Å². The first-order chi connectivity index (χ1) is 9.39. The summed E-state index contributed by atoms with van der Waals surface area (Å²) in [4.78, 5) is 10.4. The van der Waals surface area contributed by atoms with Crippen molar-refractivity contribution in [2.24, 2.45) is 0 Å². The Balaban J connectivity index is 2.98. The van der Waals surface area contributed by atoms with Crippen LogP contribution >= 0.6 is 0 Å². The van der Waals surface area contributed by atoms with Crippen molar-refractivity contribution in [1.82, 2.24) is 0 Å². The molecule has 0 saturated carbocycles. The quantitative estimate of drug-likeness (QED) is 0.470. The van der Waals surface area contributed by atoms with Crippen molar-refractivity contribution >= 4 is 6.29 Å². The maximum atomic E-state index is 10.6. The first kappa shape index (κ1) is 16.1. The van der Waals surface area contributed by atoms with Crippen molar-refractivity contribution in [3.05, 3.63) is 48.0 Å². The first-order valence-corrected chi connectivity index (χ1v) is 6.71.